The summed E-state index contributed by atoms with van der Waals surface area (Å²) in [5.41, 5.74) is -4.57. The zero-order valence-electron chi connectivity index (χ0n) is 21.9. The van der Waals surface area contributed by atoms with Crippen LogP contribution in [0.25, 0.3) is 0 Å². The maximum absolute atomic E-state index is 14.5. The largest absolute Gasteiger partial charge is 0.493 e. The minimum absolute atomic E-state index is 0.0259. The number of hydrogen-bond acceptors (Lipinski definition) is 6. The van der Waals surface area contributed by atoms with Gasteiger partial charge in [0.2, 0.25) is 0 Å². The number of methoxy groups -OCH3 is 2. The minimum atomic E-state index is -5.08. The normalized spacial score (nSPS) is 17.4. The predicted molar refractivity (Wildman–Crippen MR) is 132 cm³/mol. The van der Waals surface area contributed by atoms with E-state index in [2.05, 4.69) is 6.07 Å². The number of nitriles is 1. The molecule has 210 valence electrons. The first-order chi connectivity index (χ1) is 18.5. The Kier molecular flexibility index (Phi) is 9.22. The van der Waals surface area contributed by atoms with Crippen LogP contribution in [-0.4, -0.2) is 56.9 Å². The number of ether oxygens (including phenoxy) is 3. The third-order valence-corrected chi connectivity index (χ3v) is 7.29. The molecule has 3 rings (SSSR count). The fourth-order valence-electron chi connectivity index (χ4n) is 5.35. The van der Waals surface area contributed by atoms with E-state index in [-0.39, 0.29) is 55.8 Å². The van der Waals surface area contributed by atoms with Gasteiger partial charge in [-0.15, -0.1) is 0 Å². The molecule has 1 aliphatic heterocycles. The van der Waals surface area contributed by atoms with Crippen LogP contribution < -0.4 is 4.74 Å². The molecule has 0 aromatic heterocycles. The lowest BCUT2D eigenvalue weighted by atomic mass is 9.64. The fourth-order valence-corrected chi connectivity index (χ4v) is 5.35. The van der Waals surface area contributed by atoms with Gasteiger partial charge in [-0.2, -0.15) is 18.4 Å². The summed E-state index contributed by atoms with van der Waals surface area (Å²) in [4.78, 5) is 27.2. The van der Waals surface area contributed by atoms with Gasteiger partial charge in [-0.3, -0.25) is 9.59 Å². The van der Waals surface area contributed by atoms with Crippen LogP contribution in [0.4, 0.5) is 17.6 Å². The van der Waals surface area contributed by atoms with Crippen LogP contribution in [0.5, 0.6) is 5.75 Å². The van der Waals surface area contributed by atoms with Crippen molar-refractivity contribution in [3.63, 3.8) is 0 Å². The molecule has 39 heavy (non-hydrogen) atoms. The van der Waals surface area contributed by atoms with E-state index in [1.54, 1.807) is 6.92 Å². The highest BCUT2D eigenvalue weighted by Gasteiger charge is 2.64. The molecule has 1 aliphatic rings. The van der Waals surface area contributed by atoms with E-state index >= 15 is 0 Å². The topological polar surface area (TPSA) is 88.9 Å². The standard InChI is InChI=1S/C28H30F4N2O5/c1-4-39-23(35)17-26(21(18-33)20-11-8-12-22(29)24(20)37-2)13-15-34(16-14-26)25(36)27(38-3,28(30,31)32)19-9-6-5-7-10-19/h5-12,21H,4,13-17H2,1-3H3/t21?,27-/m1/s1. The highest BCUT2D eigenvalue weighted by Crippen LogP contribution is 2.51. The van der Waals surface area contributed by atoms with E-state index in [4.69, 9.17) is 14.2 Å². The Balaban J connectivity index is 2.02. The average Bonchev–Trinajstić information content (AvgIpc) is 2.90. The maximum Gasteiger partial charge on any atom is 0.430 e. The van der Waals surface area contributed by atoms with E-state index in [0.29, 0.717) is 0 Å². The van der Waals surface area contributed by atoms with E-state index in [1.807, 2.05) is 0 Å². The Bertz CT molecular complexity index is 1210. The number of likely N-dealkylation sites (tertiary alicyclic amines) is 1. The Labute approximate surface area is 224 Å². The molecule has 0 N–H and O–H groups in total. The lowest BCUT2D eigenvalue weighted by Crippen LogP contribution is -2.59. The van der Waals surface area contributed by atoms with Gasteiger partial charge in [-0.05, 0) is 25.8 Å². The van der Waals surface area contributed by atoms with Gasteiger partial charge in [0.15, 0.2) is 11.6 Å². The SMILES string of the molecule is CCOC(=O)CC1(C(C#N)c2cccc(F)c2OC)CCN(C(=O)[C@](OC)(c2ccccc2)C(F)(F)F)CC1. The second-order valence-corrected chi connectivity index (χ2v) is 9.31. The van der Waals surface area contributed by atoms with E-state index in [0.717, 1.165) is 12.0 Å². The fraction of sp³-hybridized carbons (Fsp3) is 0.464. The number of hydrogen-bond donors (Lipinski definition) is 0. The van der Waals surface area contributed by atoms with Crippen molar-refractivity contribution >= 4 is 11.9 Å². The van der Waals surface area contributed by atoms with Crippen molar-refractivity contribution in [1.29, 1.82) is 5.26 Å². The van der Waals surface area contributed by atoms with Gasteiger partial charge in [0.25, 0.3) is 11.5 Å². The second kappa shape index (κ2) is 12.0. The van der Waals surface area contributed by atoms with Crippen LogP contribution in [-0.2, 0) is 24.7 Å². The van der Waals surface area contributed by atoms with E-state index in [1.165, 1.54) is 55.6 Å². The smallest absolute Gasteiger partial charge is 0.430 e. The van der Waals surface area contributed by atoms with Crippen molar-refractivity contribution in [2.75, 3.05) is 33.9 Å². The van der Waals surface area contributed by atoms with Gasteiger partial charge in [-0.25, -0.2) is 4.39 Å². The average molecular weight is 551 g/mol. The molecule has 0 saturated carbocycles. The number of para-hydroxylation sites is 1. The number of piperidine rings is 1. The highest BCUT2D eigenvalue weighted by molar-refractivity contribution is 5.88. The Morgan fingerprint density at radius 3 is 2.23 bits per heavy atom. The molecular weight excluding hydrogens is 520 g/mol. The van der Waals surface area contributed by atoms with Crippen LogP contribution in [0.2, 0.25) is 0 Å². The lowest BCUT2D eigenvalue weighted by Gasteiger charge is -2.46. The van der Waals surface area contributed by atoms with Crippen molar-refractivity contribution in [3.8, 4) is 11.8 Å². The number of carbonyl (C=O) groups excluding carboxylic acids is 2. The number of amides is 1. The quantitative estimate of drug-likeness (QED) is 0.319. The van der Waals surface area contributed by atoms with Gasteiger partial charge in [0.05, 0.1) is 32.1 Å². The van der Waals surface area contributed by atoms with Crippen molar-refractivity contribution in [2.45, 2.75) is 43.9 Å². The third-order valence-electron chi connectivity index (χ3n) is 7.29. The lowest BCUT2D eigenvalue weighted by molar-refractivity contribution is -0.271. The van der Waals surface area contributed by atoms with E-state index < -0.39 is 40.8 Å². The van der Waals surface area contributed by atoms with Crippen LogP contribution in [0, 0.1) is 22.6 Å². The molecule has 0 radical (unpaired) electrons. The van der Waals surface area contributed by atoms with Crippen LogP contribution in [0.15, 0.2) is 48.5 Å². The summed E-state index contributed by atoms with van der Waals surface area (Å²) < 4.78 is 73.2. The summed E-state index contributed by atoms with van der Waals surface area (Å²) in [5, 5.41) is 10.2. The second-order valence-electron chi connectivity index (χ2n) is 9.31. The monoisotopic (exact) mass is 550 g/mol. The number of nitrogens with zero attached hydrogens (tertiary/aromatic N) is 2. The molecule has 2 aromatic rings. The molecule has 1 fully saturated rings. The Morgan fingerprint density at radius 2 is 1.72 bits per heavy atom. The van der Waals surface area contributed by atoms with Gasteiger partial charge in [-0.1, -0.05) is 42.5 Å². The molecule has 0 bridgehead atoms. The molecule has 1 saturated heterocycles. The minimum Gasteiger partial charge on any atom is -0.493 e. The first kappa shape index (κ1) is 29.9. The summed E-state index contributed by atoms with van der Waals surface area (Å²) in [5.74, 6) is -3.85. The third kappa shape index (κ3) is 5.57. The molecule has 11 heteroatoms. The predicted octanol–water partition coefficient (Wildman–Crippen LogP) is 5.11. The zero-order valence-corrected chi connectivity index (χ0v) is 21.9. The number of alkyl halides is 3. The summed E-state index contributed by atoms with van der Waals surface area (Å²) in [6.45, 7) is 1.29. The van der Waals surface area contributed by atoms with Crippen molar-refractivity contribution in [1.82, 2.24) is 4.90 Å². The number of benzene rings is 2. The van der Waals surface area contributed by atoms with Crippen molar-refractivity contribution in [2.24, 2.45) is 5.41 Å². The van der Waals surface area contributed by atoms with Gasteiger partial charge in [0, 0.05) is 36.7 Å². The highest BCUT2D eigenvalue weighted by atomic mass is 19.4. The van der Waals surface area contributed by atoms with Crippen molar-refractivity contribution < 1.29 is 41.4 Å². The zero-order chi connectivity index (χ0) is 28.8. The summed E-state index contributed by atoms with van der Waals surface area (Å²) in [6.07, 6.45) is -5.39. The molecular formula is C28H30F4N2O5. The summed E-state index contributed by atoms with van der Waals surface area (Å²) >= 11 is 0. The molecule has 7 nitrogen and oxygen atoms in total. The molecule has 1 heterocycles. The van der Waals surface area contributed by atoms with Gasteiger partial charge in [0.1, 0.15) is 0 Å². The molecule has 0 spiro atoms. The van der Waals surface area contributed by atoms with E-state index in [9.17, 15) is 32.4 Å². The maximum atomic E-state index is 14.5. The number of esters is 1. The van der Waals surface area contributed by atoms with Crippen LogP contribution in [0.1, 0.15) is 43.2 Å². The van der Waals surface area contributed by atoms with Gasteiger partial charge < -0.3 is 19.1 Å². The molecule has 2 atom stereocenters. The molecule has 0 aliphatic carbocycles. The summed E-state index contributed by atoms with van der Waals surface area (Å²) in [7, 11) is 2.08. The number of carbonyl (C=O) groups is 2. The summed E-state index contributed by atoms with van der Waals surface area (Å²) in [6, 6.07) is 12.9. The van der Waals surface area contributed by atoms with Crippen LogP contribution >= 0.6 is 0 Å². The van der Waals surface area contributed by atoms with Crippen molar-refractivity contribution in [3.05, 3.63) is 65.5 Å². The molecule has 1 amide bonds. The first-order valence-electron chi connectivity index (χ1n) is 12.4. The first-order valence-corrected chi connectivity index (χ1v) is 12.4. The Hall–Kier alpha value is -3.65. The number of rotatable bonds is 9. The van der Waals surface area contributed by atoms with Gasteiger partial charge >= 0.3 is 12.1 Å². The molecule has 1 unspecified atom stereocenters. The Morgan fingerprint density at radius 1 is 1.08 bits per heavy atom. The van der Waals surface area contributed by atoms with Crippen LogP contribution in [0.3, 0.4) is 0 Å². The molecule has 2 aromatic carbocycles. The number of halogens is 4.